The fraction of sp³-hybridized carbons (Fsp3) is 0.308. The molecular formula is C13H14N2O2S. The number of ether oxygens (including phenoxy) is 1. The lowest BCUT2D eigenvalue weighted by atomic mass is 10.2. The minimum Gasteiger partial charge on any atom is -0.465 e. The molecule has 2 aromatic rings. The Balaban J connectivity index is 2.28. The zero-order valence-electron chi connectivity index (χ0n) is 10.3. The van der Waals surface area contributed by atoms with Crippen LogP contribution in [0.2, 0.25) is 0 Å². The van der Waals surface area contributed by atoms with Crippen molar-refractivity contribution in [1.82, 2.24) is 9.97 Å². The summed E-state index contributed by atoms with van der Waals surface area (Å²) in [5, 5.41) is 0.815. The summed E-state index contributed by atoms with van der Waals surface area (Å²) in [6.45, 7) is 2.12. The Hall–Kier alpha value is -1.75. The third-order valence-electron chi connectivity index (χ3n) is 2.46. The normalized spacial score (nSPS) is 10.3. The van der Waals surface area contributed by atoms with Gasteiger partial charge in [0.25, 0.3) is 0 Å². The van der Waals surface area contributed by atoms with Gasteiger partial charge >= 0.3 is 5.97 Å². The maximum absolute atomic E-state index is 11.4. The third-order valence-corrected chi connectivity index (χ3v) is 3.49. The second-order valence-electron chi connectivity index (χ2n) is 3.81. The summed E-state index contributed by atoms with van der Waals surface area (Å²) in [6, 6.07) is 3.92. The Kier molecular flexibility index (Phi) is 4.04. The Bertz CT molecular complexity index is 551. The van der Waals surface area contributed by atoms with Crippen molar-refractivity contribution < 1.29 is 9.53 Å². The number of hydrogen-bond donors (Lipinski definition) is 0. The van der Waals surface area contributed by atoms with E-state index in [-0.39, 0.29) is 5.97 Å². The van der Waals surface area contributed by atoms with E-state index >= 15 is 0 Å². The van der Waals surface area contributed by atoms with Crippen LogP contribution in [-0.2, 0) is 11.2 Å². The molecule has 0 saturated carbocycles. The fourth-order valence-electron chi connectivity index (χ4n) is 1.61. The number of aromatic nitrogens is 2. The second kappa shape index (κ2) is 5.73. The Labute approximate surface area is 110 Å². The van der Waals surface area contributed by atoms with E-state index in [0.717, 1.165) is 29.1 Å². The molecule has 0 bridgehead atoms. The summed E-state index contributed by atoms with van der Waals surface area (Å²) < 4.78 is 4.67. The van der Waals surface area contributed by atoms with Crippen molar-refractivity contribution in [1.29, 1.82) is 0 Å². The van der Waals surface area contributed by atoms with E-state index in [4.69, 9.17) is 0 Å². The first-order chi connectivity index (χ1) is 8.74. The number of hydrogen-bond acceptors (Lipinski definition) is 5. The molecular weight excluding hydrogens is 248 g/mol. The van der Waals surface area contributed by atoms with Gasteiger partial charge in [0.05, 0.1) is 13.3 Å². The molecule has 18 heavy (non-hydrogen) atoms. The predicted molar refractivity (Wildman–Crippen MR) is 70.7 cm³/mol. The highest BCUT2D eigenvalue weighted by Gasteiger charge is 2.11. The monoisotopic (exact) mass is 262 g/mol. The van der Waals surface area contributed by atoms with Gasteiger partial charge in [0.1, 0.15) is 9.88 Å². The van der Waals surface area contributed by atoms with Gasteiger partial charge in [-0.3, -0.25) is 4.98 Å². The number of aryl methyl sites for hydroxylation is 1. The van der Waals surface area contributed by atoms with Gasteiger partial charge in [-0.2, -0.15) is 0 Å². The Morgan fingerprint density at radius 3 is 3.00 bits per heavy atom. The van der Waals surface area contributed by atoms with Crippen molar-refractivity contribution in [2.24, 2.45) is 0 Å². The molecule has 0 aromatic carbocycles. The molecule has 0 aliphatic rings. The summed E-state index contributed by atoms with van der Waals surface area (Å²) in [4.78, 5) is 20.4. The highest BCUT2D eigenvalue weighted by atomic mass is 32.1. The largest absolute Gasteiger partial charge is 0.465 e. The van der Waals surface area contributed by atoms with Crippen molar-refractivity contribution >= 4 is 17.3 Å². The van der Waals surface area contributed by atoms with Crippen LogP contribution in [0.5, 0.6) is 0 Å². The van der Waals surface area contributed by atoms with E-state index in [1.165, 1.54) is 18.4 Å². The zero-order chi connectivity index (χ0) is 13.0. The first-order valence-corrected chi connectivity index (χ1v) is 6.55. The van der Waals surface area contributed by atoms with Crippen LogP contribution in [0.25, 0.3) is 10.6 Å². The summed E-state index contributed by atoms with van der Waals surface area (Å²) in [6.07, 6.45) is 5.33. The number of carbonyl (C=O) groups is 1. The van der Waals surface area contributed by atoms with Crippen molar-refractivity contribution in [3.8, 4) is 10.6 Å². The number of carbonyl (C=O) groups excluding carboxylic acids is 1. The molecule has 0 aliphatic heterocycles. The molecule has 0 unspecified atom stereocenters. The molecule has 2 heterocycles. The molecule has 94 valence electrons. The summed E-state index contributed by atoms with van der Waals surface area (Å²) in [7, 11) is 1.37. The van der Waals surface area contributed by atoms with E-state index in [0.29, 0.717) is 4.88 Å². The van der Waals surface area contributed by atoms with Crippen LogP contribution < -0.4 is 0 Å². The standard InChI is InChI=1S/C13H14N2O2S/c1-3-4-10-7-9(5-6-14-10)12-15-8-11(18-12)13(16)17-2/h5-8H,3-4H2,1-2H3. The maximum atomic E-state index is 11.4. The quantitative estimate of drug-likeness (QED) is 0.795. The molecule has 0 radical (unpaired) electrons. The summed E-state index contributed by atoms with van der Waals surface area (Å²) in [5.74, 6) is -0.346. The molecule has 0 aliphatic carbocycles. The van der Waals surface area contributed by atoms with Gasteiger partial charge in [-0.05, 0) is 18.6 Å². The van der Waals surface area contributed by atoms with E-state index in [9.17, 15) is 4.79 Å². The smallest absolute Gasteiger partial charge is 0.349 e. The predicted octanol–water partition coefficient (Wildman–Crippen LogP) is 2.94. The second-order valence-corrected chi connectivity index (χ2v) is 4.84. The van der Waals surface area contributed by atoms with Gasteiger partial charge < -0.3 is 4.74 Å². The van der Waals surface area contributed by atoms with Crippen LogP contribution in [-0.4, -0.2) is 23.0 Å². The van der Waals surface area contributed by atoms with Crippen LogP contribution in [0.15, 0.2) is 24.5 Å². The first kappa shape index (κ1) is 12.7. The topological polar surface area (TPSA) is 52.1 Å². The molecule has 0 saturated heterocycles. The summed E-state index contributed by atoms with van der Waals surface area (Å²) >= 11 is 1.33. The maximum Gasteiger partial charge on any atom is 0.349 e. The fourth-order valence-corrected chi connectivity index (χ4v) is 2.44. The highest BCUT2D eigenvalue weighted by molar-refractivity contribution is 7.16. The van der Waals surface area contributed by atoms with Gasteiger partial charge in [0.15, 0.2) is 0 Å². The molecule has 0 fully saturated rings. The van der Waals surface area contributed by atoms with Crippen LogP contribution in [0.4, 0.5) is 0 Å². The van der Waals surface area contributed by atoms with Crippen LogP contribution >= 0.6 is 11.3 Å². The molecule has 2 rings (SSSR count). The third kappa shape index (κ3) is 2.73. The average Bonchev–Trinajstić information content (AvgIpc) is 2.88. The number of methoxy groups -OCH3 is 1. The molecule has 0 spiro atoms. The SMILES string of the molecule is CCCc1cc(-c2ncc(C(=O)OC)s2)ccn1. The average molecular weight is 262 g/mol. The minimum absolute atomic E-state index is 0.346. The molecule has 0 N–H and O–H groups in total. The molecule has 5 heteroatoms. The van der Waals surface area contributed by atoms with E-state index in [1.54, 1.807) is 12.4 Å². The molecule has 2 aromatic heterocycles. The van der Waals surface area contributed by atoms with Crippen LogP contribution in [0, 0.1) is 0 Å². The number of rotatable bonds is 4. The van der Waals surface area contributed by atoms with E-state index in [2.05, 4.69) is 21.6 Å². The van der Waals surface area contributed by atoms with Crippen molar-refractivity contribution in [2.45, 2.75) is 19.8 Å². The molecule has 0 atom stereocenters. The van der Waals surface area contributed by atoms with E-state index < -0.39 is 0 Å². The molecule has 4 nitrogen and oxygen atoms in total. The van der Waals surface area contributed by atoms with Gasteiger partial charge in [0.2, 0.25) is 0 Å². The van der Waals surface area contributed by atoms with Crippen LogP contribution in [0.1, 0.15) is 28.7 Å². The van der Waals surface area contributed by atoms with Crippen molar-refractivity contribution in [3.05, 3.63) is 35.1 Å². The van der Waals surface area contributed by atoms with E-state index in [1.807, 2.05) is 12.1 Å². The van der Waals surface area contributed by atoms with Gasteiger partial charge in [-0.15, -0.1) is 11.3 Å². The van der Waals surface area contributed by atoms with Crippen molar-refractivity contribution in [3.63, 3.8) is 0 Å². The lowest BCUT2D eigenvalue weighted by Gasteiger charge is -2.00. The van der Waals surface area contributed by atoms with Crippen molar-refractivity contribution in [2.75, 3.05) is 7.11 Å². The number of pyridine rings is 1. The van der Waals surface area contributed by atoms with Crippen LogP contribution in [0.3, 0.4) is 0 Å². The first-order valence-electron chi connectivity index (χ1n) is 5.74. The molecule has 0 amide bonds. The Morgan fingerprint density at radius 1 is 1.44 bits per heavy atom. The lowest BCUT2D eigenvalue weighted by molar-refractivity contribution is 0.0606. The summed E-state index contributed by atoms with van der Waals surface area (Å²) in [5.41, 5.74) is 2.04. The Morgan fingerprint density at radius 2 is 2.28 bits per heavy atom. The number of esters is 1. The number of nitrogens with zero attached hydrogens (tertiary/aromatic N) is 2. The highest BCUT2D eigenvalue weighted by Crippen LogP contribution is 2.25. The van der Waals surface area contributed by atoms with Gasteiger partial charge in [-0.1, -0.05) is 13.3 Å². The minimum atomic E-state index is -0.346. The zero-order valence-corrected chi connectivity index (χ0v) is 11.2. The lowest BCUT2D eigenvalue weighted by Crippen LogP contribution is -1.96. The van der Waals surface area contributed by atoms with Gasteiger partial charge in [-0.25, -0.2) is 9.78 Å². The van der Waals surface area contributed by atoms with Gasteiger partial charge in [0, 0.05) is 17.5 Å². The number of thiazole rings is 1.